The van der Waals surface area contributed by atoms with Gasteiger partial charge < -0.3 is 9.80 Å². The van der Waals surface area contributed by atoms with E-state index in [9.17, 15) is 4.79 Å². The van der Waals surface area contributed by atoms with E-state index in [2.05, 4.69) is 22.4 Å². The lowest BCUT2D eigenvalue weighted by atomic mass is 10.3. The number of likely N-dealkylation sites (N-methyl/N-ethyl adjacent to an activating group) is 1. The molecule has 0 saturated carbocycles. The zero-order valence-corrected chi connectivity index (χ0v) is 14.8. The number of nitrogens with one attached hydrogen (secondary N) is 1. The number of amides is 2. The van der Waals surface area contributed by atoms with Crippen LogP contribution < -0.4 is 5.32 Å². The van der Waals surface area contributed by atoms with Crippen LogP contribution in [0.2, 0.25) is 5.02 Å². The molecule has 1 fully saturated rings. The SMILES string of the molecule is Cc1cc(NC(=O)N2CCCN(C)CC2)nn1-c1ccc(Cl)cc1. The van der Waals surface area contributed by atoms with Gasteiger partial charge in [0.1, 0.15) is 0 Å². The maximum absolute atomic E-state index is 12.5. The van der Waals surface area contributed by atoms with Crippen molar-refractivity contribution >= 4 is 23.4 Å². The summed E-state index contributed by atoms with van der Waals surface area (Å²) in [4.78, 5) is 16.5. The van der Waals surface area contributed by atoms with E-state index in [-0.39, 0.29) is 6.03 Å². The molecule has 3 rings (SSSR count). The Morgan fingerprint density at radius 3 is 2.67 bits per heavy atom. The van der Waals surface area contributed by atoms with Gasteiger partial charge in [0.05, 0.1) is 5.69 Å². The minimum Gasteiger partial charge on any atom is -0.323 e. The third kappa shape index (κ3) is 3.88. The number of carbonyl (C=O) groups excluding carboxylic acids is 1. The van der Waals surface area contributed by atoms with E-state index in [1.807, 2.05) is 42.2 Å². The summed E-state index contributed by atoms with van der Waals surface area (Å²) >= 11 is 5.93. The summed E-state index contributed by atoms with van der Waals surface area (Å²) in [6, 6.07) is 9.23. The molecule has 1 N–H and O–H groups in total. The lowest BCUT2D eigenvalue weighted by Gasteiger charge is -2.20. The molecule has 7 heteroatoms. The van der Waals surface area contributed by atoms with Crippen molar-refractivity contribution in [1.82, 2.24) is 19.6 Å². The van der Waals surface area contributed by atoms with Crippen molar-refractivity contribution in [3.8, 4) is 5.69 Å². The topological polar surface area (TPSA) is 53.4 Å². The first-order chi connectivity index (χ1) is 11.5. The highest BCUT2D eigenvalue weighted by atomic mass is 35.5. The molecule has 0 spiro atoms. The molecule has 1 saturated heterocycles. The van der Waals surface area contributed by atoms with Gasteiger partial charge in [-0.25, -0.2) is 9.48 Å². The van der Waals surface area contributed by atoms with Crippen LogP contribution in [0, 0.1) is 6.92 Å². The van der Waals surface area contributed by atoms with E-state index in [1.54, 1.807) is 4.68 Å². The van der Waals surface area contributed by atoms with E-state index in [0.29, 0.717) is 10.8 Å². The number of urea groups is 1. The van der Waals surface area contributed by atoms with E-state index in [1.165, 1.54) is 0 Å². The second-order valence-corrected chi connectivity index (χ2v) is 6.57. The molecule has 1 aromatic heterocycles. The molecule has 24 heavy (non-hydrogen) atoms. The summed E-state index contributed by atoms with van der Waals surface area (Å²) in [5.41, 5.74) is 1.86. The van der Waals surface area contributed by atoms with Crippen molar-refractivity contribution in [1.29, 1.82) is 0 Å². The summed E-state index contributed by atoms with van der Waals surface area (Å²) < 4.78 is 1.79. The number of benzene rings is 1. The van der Waals surface area contributed by atoms with E-state index >= 15 is 0 Å². The van der Waals surface area contributed by atoms with Crippen LogP contribution in [-0.2, 0) is 0 Å². The Hall–Kier alpha value is -2.05. The molecular formula is C17H22ClN5O. The van der Waals surface area contributed by atoms with Gasteiger partial charge in [0.15, 0.2) is 5.82 Å². The maximum atomic E-state index is 12.5. The summed E-state index contributed by atoms with van der Waals surface area (Å²) in [5, 5.41) is 8.08. The molecule has 2 aromatic rings. The molecular weight excluding hydrogens is 326 g/mol. The first-order valence-electron chi connectivity index (χ1n) is 8.10. The van der Waals surface area contributed by atoms with Crippen molar-refractivity contribution < 1.29 is 4.79 Å². The standard InChI is InChI=1S/C17H22ClN5O/c1-13-12-16(20-23(13)15-6-4-14(18)5-7-15)19-17(24)22-9-3-8-21(2)10-11-22/h4-7,12H,3,8-11H2,1-2H3,(H,19,20,24). The number of anilines is 1. The second-order valence-electron chi connectivity index (χ2n) is 6.13. The minimum atomic E-state index is -0.0916. The van der Waals surface area contributed by atoms with Crippen LogP contribution in [0.5, 0.6) is 0 Å². The highest BCUT2D eigenvalue weighted by Gasteiger charge is 2.18. The highest BCUT2D eigenvalue weighted by Crippen LogP contribution is 2.18. The third-order valence-corrected chi connectivity index (χ3v) is 4.45. The van der Waals surface area contributed by atoms with Gasteiger partial charge in [-0.1, -0.05) is 11.6 Å². The summed E-state index contributed by atoms with van der Waals surface area (Å²) in [7, 11) is 2.08. The van der Waals surface area contributed by atoms with Crippen LogP contribution in [0.3, 0.4) is 0 Å². The Morgan fingerprint density at radius 1 is 1.17 bits per heavy atom. The first kappa shape index (κ1) is 16.8. The van der Waals surface area contributed by atoms with Crippen molar-refractivity contribution in [2.45, 2.75) is 13.3 Å². The van der Waals surface area contributed by atoms with Crippen LogP contribution in [-0.4, -0.2) is 58.8 Å². The molecule has 0 radical (unpaired) electrons. The summed E-state index contributed by atoms with van der Waals surface area (Å²) in [5.74, 6) is 0.560. The highest BCUT2D eigenvalue weighted by molar-refractivity contribution is 6.30. The van der Waals surface area contributed by atoms with Crippen molar-refractivity contribution in [3.63, 3.8) is 0 Å². The zero-order chi connectivity index (χ0) is 17.1. The smallest absolute Gasteiger partial charge is 0.323 e. The first-order valence-corrected chi connectivity index (χ1v) is 8.48. The van der Waals surface area contributed by atoms with Gasteiger partial charge >= 0.3 is 6.03 Å². The molecule has 0 unspecified atom stereocenters. The lowest BCUT2D eigenvalue weighted by molar-refractivity contribution is 0.213. The van der Waals surface area contributed by atoms with Crippen molar-refractivity contribution in [3.05, 3.63) is 41.0 Å². The van der Waals surface area contributed by atoms with Crippen LogP contribution >= 0.6 is 11.6 Å². The number of hydrogen-bond donors (Lipinski definition) is 1. The molecule has 2 heterocycles. The predicted molar refractivity (Wildman–Crippen MR) is 96.0 cm³/mol. The molecule has 128 valence electrons. The Balaban J connectivity index is 1.70. The van der Waals surface area contributed by atoms with Crippen LogP contribution in [0.25, 0.3) is 5.69 Å². The van der Waals surface area contributed by atoms with E-state index in [4.69, 9.17) is 11.6 Å². The fourth-order valence-electron chi connectivity index (χ4n) is 2.82. The number of nitrogens with zero attached hydrogens (tertiary/aromatic N) is 4. The molecule has 0 atom stereocenters. The van der Waals surface area contributed by atoms with Crippen LogP contribution in [0.1, 0.15) is 12.1 Å². The monoisotopic (exact) mass is 347 g/mol. The van der Waals surface area contributed by atoms with Crippen LogP contribution in [0.15, 0.2) is 30.3 Å². The number of carbonyl (C=O) groups is 1. The van der Waals surface area contributed by atoms with Gasteiger partial charge in [0.25, 0.3) is 0 Å². The Kier molecular flexibility index (Phi) is 5.06. The lowest BCUT2D eigenvalue weighted by Crippen LogP contribution is -2.37. The summed E-state index contributed by atoms with van der Waals surface area (Å²) in [6.45, 7) is 5.38. The molecule has 0 bridgehead atoms. The molecule has 2 amide bonds. The maximum Gasteiger partial charge on any atom is 0.323 e. The second kappa shape index (κ2) is 7.23. The molecule has 0 aliphatic carbocycles. The van der Waals surface area contributed by atoms with Gasteiger partial charge in [-0.2, -0.15) is 0 Å². The third-order valence-electron chi connectivity index (χ3n) is 4.20. The Morgan fingerprint density at radius 2 is 1.92 bits per heavy atom. The van der Waals surface area contributed by atoms with Crippen molar-refractivity contribution in [2.24, 2.45) is 0 Å². The molecule has 1 aliphatic rings. The fraction of sp³-hybridized carbons (Fsp3) is 0.412. The van der Waals surface area contributed by atoms with Gasteiger partial charge in [-0.15, -0.1) is 5.10 Å². The van der Waals surface area contributed by atoms with Gasteiger partial charge in [-0.3, -0.25) is 5.32 Å². The van der Waals surface area contributed by atoms with Crippen molar-refractivity contribution in [2.75, 3.05) is 38.5 Å². The average Bonchev–Trinajstić information content (AvgIpc) is 2.77. The van der Waals surface area contributed by atoms with E-state index in [0.717, 1.165) is 44.0 Å². The summed E-state index contributed by atoms with van der Waals surface area (Å²) in [6.07, 6.45) is 0.988. The van der Waals surface area contributed by atoms with E-state index < -0.39 is 0 Å². The van der Waals surface area contributed by atoms with Gasteiger partial charge in [0.2, 0.25) is 0 Å². The molecule has 1 aliphatic heterocycles. The minimum absolute atomic E-state index is 0.0916. The quantitative estimate of drug-likeness (QED) is 0.908. The van der Waals surface area contributed by atoms with Crippen LogP contribution in [0.4, 0.5) is 10.6 Å². The number of aryl methyl sites for hydroxylation is 1. The molecule has 6 nitrogen and oxygen atoms in total. The predicted octanol–water partition coefficient (Wildman–Crippen LogP) is 3.00. The average molecular weight is 348 g/mol. The Labute approximate surface area is 147 Å². The number of halogens is 1. The zero-order valence-electron chi connectivity index (χ0n) is 14.0. The molecule has 1 aromatic carbocycles. The van der Waals surface area contributed by atoms with Gasteiger partial charge in [0, 0.05) is 36.4 Å². The largest absolute Gasteiger partial charge is 0.323 e. The number of hydrogen-bond acceptors (Lipinski definition) is 3. The normalized spacial score (nSPS) is 16.0. The Bertz CT molecular complexity index is 712. The van der Waals surface area contributed by atoms with Gasteiger partial charge in [-0.05, 0) is 51.2 Å². The number of rotatable bonds is 2. The fourth-order valence-corrected chi connectivity index (χ4v) is 2.94. The number of aromatic nitrogens is 2.